The molecule has 2 aliphatic rings. The van der Waals surface area contributed by atoms with Crippen LogP contribution in [0.5, 0.6) is 11.5 Å². The van der Waals surface area contributed by atoms with Gasteiger partial charge in [-0.15, -0.1) is 12.4 Å². The summed E-state index contributed by atoms with van der Waals surface area (Å²) in [5.74, 6) is 2.40. The topological polar surface area (TPSA) is 51.8 Å². The molecule has 1 saturated heterocycles. The molecule has 1 aliphatic heterocycles. The maximum Gasteiger partial charge on any atom is 0.120 e. The molecule has 2 fully saturated rings. The van der Waals surface area contributed by atoms with E-state index >= 15 is 0 Å². The number of methoxy groups -OCH3 is 1. The van der Waals surface area contributed by atoms with E-state index in [4.69, 9.17) is 14.2 Å². The third-order valence-electron chi connectivity index (χ3n) is 5.10. The normalized spacial score (nSPS) is 27.4. The average Bonchev–Trinajstić information content (AvgIpc) is 3.10. The fourth-order valence-corrected chi connectivity index (χ4v) is 3.83. The van der Waals surface area contributed by atoms with E-state index in [9.17, 15) is 0 Å². The average molecular weight is 371 g/mol. The molecule has 142 valence electrons. The lowest BCUT2D eigenvalue weighted by Crippen LogP contribution is -2.51. The van der Waals surface area contributed by atoms with E-state index in [1.807, 2.05) is 24.3 Å². The molecule has 4 unspecified atom stereocenters. The Balaban J connectivity index is 0.00000225. The van der Waals surface area contributed by atoms with Crippen molar-refractivity contribution in [2.75, 3.05) is 33.4 Å². The van der Waals surface area contributed by atoms with Gasteiger partial charge in [0.15, 0.2) is 0 Å². The Bertz CT molecular complexity index is 494. The first-order valence-corrected chi connectivity index (χ1v) is 9.11. The highest BCUT2D eigenvalue weighted by Gasteiger charge is 2.34. The summed E-state index contributed by atoms with van der Waals surface area (Å²) in [7, 11) is 1.67. The van der Waals surface area contributed by atoms with Gasteiger partial charge >= 0.3 is 0 Å². The first-order chi connectivity index (χ1) is 11.8. The van der Waals surface area contributed by atoms with E-state index in [0.717, 1.165) is 37.8 Å². The van der Waals surface area contributed by atoms with Crippen LogP contribution in [0.25, 0.3) is 0 Å². The highest BCUT2D eigenvalue weighted by Crippen LogP contribution is 2.29. The predicted octanol–water partition coefficient (Wildman–Crippen LogP) is 2.63. The Morgan fingerprint density at radius 3 is 2.68 bits per heavy atom. The first kappa shape index (κ1) is 20.3. The molecule has 1 heterocycles. The van der Waals surface area contributed by atoms with Crippen LogP contribution in [0.3, 0.4) is 0 Å². The van der Waals surface area contributed by atoms with Gasteiger partial charge < -0.3 is 24.8 Å². The van der Waals surface area contributed by atoms with Crippen LogP contribution >= 0.6 is 12.4 Å². The number of rotatable bonds is 7. The van der Waals surface area contributed by atoms with Crippen LogP contribution in [0, 0.1) is 5.92 Å². The van der Waals surface area contributed by atoms with E-state index in [1.54, 1.807) is 7.11 Å². The number of halogens is 1. The van der Waals surface area contributed by atoms with Crippen molar-refractivity contribution >= 4 is 12.4 Å². The minimum Gasteiger partial charge on any atom is -0.497 e. The van der Waals surface area contributed by atoms with E-state index in [2.05, 4.69) is 17.6 Å². The summed E-state index contributed by atoms with van der Waals surface area (Å²) in [6, 6.07) is 8.82. The Hall–Kier alpha value is -1.01. The molecule has 1 aliphatic carbocycles. The lowest BCUT2D eigenvalue weighted by Gasteiger charge is -2.33. The smallest absolute Gasteiger partial charge is 0.120 e. The van der Waals surface area contributed by atoms with Gasteiger partial charge in [0, 0.05) is 25.2 Å². The summed E-state index contributed by atoms with van der Waals surface area (Å²) in [6.45, 7) is 5.64. The van der Waals surface area contributed by atoms with E-state index in [-0.39, 0.29) is 18.5 Å². The van der Waals surface area contributed by atoms with Gasteiger partial charge in [-0.3, -0.25) is 0 Å². The SMILES string of the molecule is COc1ccc(OC(C)CNC2CCCC2C2COCCN2)cc1.Cl. The number of benzene rings is 1. The molecular formula is C19H31ClN2O3. The summed E-state index contributed by atoms with van der Waals surface area (Å²) >= 11 is 0. The summed E-state index contributed by atoms with van der Waals surface area (Å²) in [5.41, 5.74) is 0. The second-order valence-corrected chi connectivity index (χ2v) is 6.85. The zero-order valence-corrected chi connectivity index (χ0v) is 16.0. The van der Waals surface area contributed by atoms with Crippen LogP contribution in [0.15, 0.2) is 24.3 Å². The molecule has 5 nitrogen and oxygen atoms in total. The van der Waals surface area contributed by atoms with E-state index < -0.39 is 0 Å². The fraction of sp³-hybridized carbons (Fsp3) is 0.684. The summed E-state index contributed by atoms with van der Waals surface area (Å²) in [6.07, 6.45) is 3.97. The summed E-state index contributed by atoms with van der Waals surface area (Å²) in [4.78, 5) is 0. The van der Waals surface area contributed by atoms with Gasteiger partial charge in [0.1, 0.15) is 17.6 Å². The molecule has 25 heavy (non-hydrogen) atoms. The maximum atomic E-state index is 6.00. The molecule has 0 bridgehead atoms. The molecule has 0 radical (unpaired) electrons. The van der Waals surface area contributed by atoms with Crippen molar-refractivity contribution in [3.05, 3.63) is 24.3 Å². The molecule has 1 saturated carbocycles. The van der Waals surface area contributed by atoms with Crippen molar-refractivity contribution in [1.29, 1.82) is 0 Å². The van der Waals surface area contributed by atoms with Gasteiger partial charge in [-0.05, 0) is 49.9 Å². The third-order valence-corrected chi connectivity index (χ3v) is 5.10. The van der Waals surface area contributed by atoms with Gasteiger partial charge in [-0.1, -0.05) is 6.42 Å². The standard InChI is InChI=1S/C19H30N2O3.ClH/c1-14(24-16-8-6-15(22-2)7-9-16)12-21-18-5-3-4-17(18)19-13-23-11-10-20-19;/h6-9,14,17-21H,3-5,10-13H2,1-2H3;1H. The minimum absolute atomic E-state index is 0. The predicted molar refractivity (Wildman–Crippen MR) is 102 cm³/mol. The van der Waals surface area contributed by atoms with Crippen molar-refractivity contribution in [3.63, 3.8) is 0 Å². The van der Waals surface area contributed by atoms with Crippen LogP contribution < -0.4 is 20.1 Å². The highest BCUT2D eigenvalue weighted by molar-refractivity contribution is 5.85. The number of hydrogen-bond donors (Lipinski definition) is 2. The highest BCUT2D eigenvalue weighted by atomic mass is 35.5. The zero-order chi connectivity index (χ0) is 16.8. The first-order valence-electron chi connectivity index (χ1n) is 9.11. The molecule has 0 spiro atoms. The Kier molecular flexibility index (Phi) is 8.30. The van der Waals surface area contributed by atoms with Gasteiger partial charge in [0.2, 0.25) is 0 Å². The molecule has 3 rings (SSSR count). The van der Waals surface area contributed by atoms with E-state index in [0.29, 0.717) is 18.0 Å². The number of nitrogens with one attached hydrogen (secondary N) is 2. The monoisotopic (exact) mass is 370 g/mol. The Morgan fingerprint density at radius 1 is 1.24 bits per heavy atom. The fourth-order valence-electron chi connectivity index (χ4n) is 3.83. The van der Waals surface area contributed by atoms with Gasteiger partial charge in [-0.25, -0.2) is 0 Å². The van der Waals surface area contributed by atoms with Gasteiger partial charge in [-0.2, -0.15) is 0 Å². The lowest BCUT2D eigenvalue weighted by molar-refractivity contribution is 0.0518. The van der Waals surface area contributed by atoms with Crippen molar-refractivity contribution < 1.29 is 14.2 Å². The van der Waals surface area contributed by atoms with Crippen molar-refractivity contribution in [1.82, 2.24) is 10.6 Å². The molecule has 0 aromatic heterocycles. The second-order valence-electron chi connectivity index (χ2n) is 6.85. The lowest BCUT2D eigenvalue weighted by atomic mass is 9.94. The molecule has 6 heteroatoms. The van der Waals surface area contributed by atoms with Crippen LogP contribution in [0.4, 0.5) is 0 Å². The number of ether oxygens (including phenoxy) is 3. The summed E-state index contributed by atoms with van der Waals surface area (Å²) < 4.78 is 16.8. The van der Waals surface area contributed by atoms with Crippen molar-refractivity contribution in [3.8, 4) is 11.5 Å². The van der Waals surface area contributed by atoms with Crippen LogP contribution in [-0.4, -0.2) is 51.6 Å². The molecule has 1 aromatic rings. The molecule has 0 amide bonds. The van der Waals surface area contributed by atoms with E-state index in [1.165, 1.54) is 19.3 Å². The molecule has 1 aromatic carbocycles. The number of morpholine rings is 1. The zero-order valence-electron chi connectivity index (χ0n) is 15.2. The van der Waals surface area contributed by atoms with Crippen LogP contribution in [0.1, 0.15) is 26.2 Å². The largest absolute Gasteiger partial charge is 0.497 e. The minimum atomic E-state index is 0. The van der Waals surface area contributed by atoms with Crippen molar-refractivity contribution in [2.24, 2.45) is 5.92 Å². The second kappa shape index (κ2) is 10.2. The van der Waals surface area contributed by atoms with Gasteiger partial charge in [0.25, 0.3) is 0 Å². The quantitative estimate of drug-likeness (QED) is 0.772. The summed E-state index contributed by atoms with van der Waals surface area (Å²) in [5, 5.41) is 7.35. The molecule has 2 N–H and O–H groups in total. The van der Waals surface area contributed by atoms with Gasteiger partial charge in [0.05, 0.1) is 20.3 Å². The van der Waals surface area contributed by atoms with Crippen molar-refractivity contribution in [2.45, 2.75) is 44.4 Å². The maximum absolute atomic E-state index is 6.00. The third kappa shape index (κ3) is 5.74. The number of hydrogen-bond acceptors (Lipinski definition) is 5. The molecular weight excluding hydrogens is 340 g/mol. The van der Waals surface area contributed by atoms with Crippen LogP contribution in [-0.2, 0) is 4.74 Å². The molecule has 4 atom stereocenters. The van der Waals surface area contributed by atoms with Crippen LogP contribution in [0.2, 0.25) is 0 Å². The Morgan fingerprint density at radius 2 is 2.00 bits per heavy atom. The Labute approximate surface area is 157 Å².